The number of hydrogen-bond donors (Lipinski definition) is 2. The van der Waals surface area contributed by atoms with Crippen molar-refractivity contribution in [2.24, 2.45) is 0 Å². The van der Waals surface area contributed by atoms with Crippen LogP contribution in [0.25, 0.3) is 11.3 Å². The molecule has 0 atom stereocenters. The van der Waals surface area contributed by atoms with Crippen molar-refractivity contribution in [3.05, 3.63) is 77.5 Å². The van der Waals surface area contributed by atoms with Gasteiger partial charge in [-0.1, -0.05) is 36.4 Å². The van der Waals surface area contributed by atoms with Crippen LogP contribution in [0.1, 0.15) is 16.1 Å². The molecule has 0 radical (unpaired) electrons. The van der Waals surface area contributed by atoms with Gasteiger partial charge in [0.1, 0.15) is 17.3 Å². The van der Waals surface area contributed by atoms with E-state index in [9.17, 15) is 13.6 Å². The molecule has 4 nitrogen and oxygen atoms in total. The SMILES string of the molecule is O=C(NCc1ccc(F)cc1F)c1cc(-c2ccccc2)n[nH]1. The topological polar surface area (TPSA) is 57.8 Å². The van der Waals surface area contributed by atoms with Gasteiger partial charge in [0.2, 0.25) is 0 Å². The number of aromatic nitrogens is 2. The molecule has 0 spiro atoms. The van der Waals surface area contributed by atoms with Crippen molar-refractivity contribution in [2.75, 3.05) is 0 Å². The summed E-state index contributed by atoms with van der Waals surface area (Å²) in [6, 6.07) is 14.2. The van der Waals surface area contributed by atoms with E-state index in [1.807, 2.05) is 30.3 Å². The highest BCUT2D eigenvalue weighted by atomic mass is 19.1. The third-order valence-electron chi connectivity index (χ3n) is 3.35. The van der Waals surface area contributed by atoms with Gasteiger partial charge in [0.15, 0.2) is 0 Å². The number of aromatic amines is 1. The van der Waals surface area contributed by atoms with Gasteiger partial charge in [0.25, 0.3) is 5.91 Å². The summed E-state index contributed by atoms with van der Waals surface area (Å²) in [7, 11) is 0. The number of carbonyl (C=O) groups excluding carboxylic acids is 1. The van der Waals surface area contributed by atoms with Crippen molar-refractivity contribution in [3.8, 4) is 11.3 Å². The number of carbonyl (C=O) groups is 1. The number of H-pyrrole nitrogens is 1. The molecule has 1 heterocycles. The second-order valence-corrected chi connectivity index (χ2v) is 4.95. The quantitative estimate of drug-likeness (QED) is 0.776. The fraction of sp³-hybridized carbons (Fsp3) is 0.0588. The molecular weight excluding hydrogens is 300 g/mol. The van der Waals surface area contributed by atoms with Gasteiger partial charge in [0, 0.05) is 23.7 Å². The van der Waals surface area contributed by atoms with Crippen molar-refractivity contribution < 1.29 is 13.6 Å². The summed E-state index contributed by atoms with van der Waals surface area (Å²) in [5.74, 6) is -1.76. The Balaban J connectivity index is 1.68. The van der Waals surface area contributed by atoms with Crippen molar-refractivity contribution in [2.45, 2.75) is 6.54 Å². The van der Waals surface area contributed by atoms with Crippen LogP contribution in [0.15, 0.2) is 54.6 Å². The lowest BCUT2D eigenvalue weighted by Gasteiger charge is -2.05. The summed E-state index contributed by atoms with van der Waals surface area (Å²) in [5, 5.41) is 9.30. The molecule has 0 saturated heterocycles. The van der Waals surface area contributed by atoms with Gasteiger partial charge < -0.3 is 5.32 Å². The maximum absolute atomic E-state index is 13.5. The molecule has 2 aromatic carbocycles. The van der Waals surface area contributed by atoms with Crippen molar-refractivity contribution in [3.63, 3.8) is 0 Å². The lowest BCUT2D eigenvalue weighted by atomic mass is 10.1. The second kappa shape index (κ2) is 6.39. The lowest BCUT2D eigenvalue weighted by Crippen LogP contribution is -2.23. The highest BCUT2D eigenvalue weighted by Gasteiger charge is 2.12. The highest BCUT2D eigenvalue weighted by molar-refractivity contribution is 5.93. The Hall–Kier alpha value is -3.02. The van der Waals surface area contributed by atoms with Crippen LogP contribution in [0.5, 0.6) is 0 Å². The smallest absolute Gasteiger partial charge is 0.269 e. The zero-order valence-corrected chi connectivity index (χ0v) is 12.0. The molecule has 3 aromatic rings. The summed E-state index contributed by atoms with van der Waals surface area (Å²) in [6.45, 7) is -0.0371. The number of benzene rings is 2. The normalized spacial score (nSPS) is 10.5. The minimum atomic E-state index is -0.695. The molecule has 0 aliphatic heterocycles. The number of hydrogen-bond acceptors (Lipinski definition) is 2. The fourth-order valence-corrected chi connectivity index (χ4v) is 2.13. The first kappa shape index (κ1) is 14.9. The Labute approximate surface area is 131 Å². The Morgan fingerprint density at radius 2 is 1.87 bits per heavy atom. The molecule has 1 amide bonds. The van der Waals surface area contributed by atoms with Gasteiger partial charge in [-0.3, -0.25) is 9.89 Å². The summed E-state index contributed by atoms with van der Waals surface area (Å²) in [4.78, 5) is 12.1. The van der Waals surface area contributed by atoms with Crippen LogP contribution in [0, 0.1) is 11.6 Å². The van der Waals surface area contributed by atoms with Crippen LogP contribution in [0.4, 0.5) is 8.78 Å². The molecule has 0 saturated carbocycles. The van der Waals surface area contributed by atoms with Crippen LogP contribution in [-0.4, -0.2) is 16.1 Å². The number of halogens is 2. The minimum Gasteiger partial charge on any atom is -0.347 e. The minimum absolute atomic E-state index is 0.0371. The van der Waals surface area contributed by atoms with Crippen LogP contribution in [0.2, 0.25) is 0 Å². The third kappa shape index (κ3) is 3.42. The number of rotatable bonds is 4. The number of amides is 1. The van der Waals surface area contributed by atoms with Crippen LogP contribution in [0.3, 0.4) is 0 Å². The van der Waals surface area contributed by atoms with Gasteiger partial charge >= 0.3 is 0 Å². The predicted molar refractivity (Wildman–Crippen MR) is 81.6 cm³/mol. The molecule has 2 N–H and O–H groups in total. The molecule has 3 rings (SSSR count). The monoisotopic (exact) mass is 313 g/mol. The summed E-state index contributed by atoms with van der Waals surface area (Å²) in [5.41, 5.74) is 2.00. The molecule has 0 bridgehead atoms. The van der Waals surface area contributed by atoms with E-state index in [1.54, 1.807) is 6.07 Å². The molecule has 0 fully saturated rings. The van der Waals surface area contributed by atoms with Gasteiger partial charge in [0.05, 0.1) is 5.69 Å². The highest BCUT2D eigenvalue weighted by Crippen LogP contribution is 2.17. The molecule has 23 heavy (non-hydrogen) atoms. The van der Waals surface area contributed by atoms with Crippen molar-refractivity contribution in [1.82, 2.24) is 15.5 Å². The number of nitrogens with one attached hydrogen (secondary N) is 2. The summed E-state index contributed by atoms with van der Waals surface area (Å²) < 4.78 is 26.4. The van der Waals surface area contributed by atoms with Crippen LogP contribution >= 0.6 is 0 Å². The number of nitrogens with zero attached hydrogens (tertiary/aromatic N) is 1. The lowest BCUT2D eigenvalue weighted by molar-refractivity contribution is 0.0945. The molecule has 0 unspecified atom stereocenters. The molecule has 116 valence electrons. The van der Waals surface area contributed by atoms with E-state index >= 15 is 0 Å². The van der Waals surface area contributed by atoms with Gasteiger partial charge in [-0.25, -0.2) is 8.78 Å². The predicted octanol–water partition coefficient (Wildman–Crippen LogP) is 3.28. The maximum Gasteiger partial charge on any atom is 0.269 e. The first-order valence-electron chi connectivity index (χ1n) is 6.96. The van der Waals surface area contributed by atoms with Crippen molar-refractivity contribution >= 4 is 5.91 Å². The Kier molecular flexibility index (Phi) is 4.14. The van der Waals surface area contributed by atoms with E-state index < -0.39 is 17.5 Å². The third-order valence-corrected chi connectivity index (χ3v) is 3.35. The molecule has 0 aliphatic carbocycles. The largest absolute Gasteiger partial charge is 0.347 e. The average Bonchev–Trinajstić information content (AvgIpc) is 3.05. The average molecular weight is 313 g/mol. The maximum atomic E-state index is 13.5. The Bertz CT molecular complexity index is 831. The Morgan fingerprint density at radius 1 is 1.09 bits per heavy atom. The van der Waals surface area contributed by atoms with Gasteiger partial charge in [-0.15, -0.1) is 0 Å². The second-order valence-electron chi connectivity index (χ2n) is 4.95. The molecule has 6 heteroatoms. The zero-order chi connectivity index (χ0) is 16.2. The summed E-state index contributed by atoms with van der Waals surface area (Å²) in [6.07, 6.45) is 0. The van der Waals surface area contributed by atoms with E-state index in [2.05, 4.69) is 15.5 Å². The fourth-order valence-electron chi connectivity index (χ4n) is 2.13. The summed E-state index contributed by atoms with van der Waals surface area (Å²) >= 11 is 0. The standard InChI is InChI=1S/C17H13F2N3O/c18-13-7-6-12(14(19)8-13)10-20-17(23)16-9-15(21-22-16)11-4-2-1-3-5-11/h1-9H,10H2,(H,20,23)(H,21,22). The van der Waals surface area contributed by atoms with Gasteiger partial charge in [-0.2, -0.15) is 5.10 Å². The van der Waals surface area contributed by atoms with E-state index in [0.29, 0.717) is 5.69 Å². The van der Waals surface area contributed by atoms with E-state index in [0.717, 1.165) is 17.7 Å². The van der Waals surface area contributed by atoms with Crippen LogP contribution < -0.4 is 5.32 Å². The zero-order valence-electron chi connectivity index (χ0n) is 12.0. The first-order valence-corrected chi connectivity index (χ1v) is 6.96. The van der Waals surface area contributed by atoms with E-state index in [1.165, 1.54) is 6.07 Å². The van der Waals surface area contributed by atoms with E-state index in [4.69, 9.17) is 0 Å². The van der Waals surface area contributed by atoms with Crippen LogP contribution in [-0.2, 0) is 6.54 Å². The molecule has 0 aliphatic rings. The molecular formula is C17H13F2N3O. The first-order chi connectivity index (χ1) is 11.1. The van der Waals surface area contributed by atoms with Gasteiger partial charge in [-0.05, 0) is 12.1 Å². The van der Waals surface area contributed by atoms with Crippen molar-refractivity contribution in [1.29, 1.82) is 0 Å². The van der Waals surface area contributed by atoms with E-state index in [-0.39, 0.29) is 17.8 Å². The molecule has 1 aromatic heterocycles. The Morgan fingerprint density at radius 3 is 2.61 bits per heavy atom.